The highest BCUT2D eigenvalue weighted by Gasteiger charge is 2.37. The number of fused-ring (bicyclic) bond motifs is 2. The number of hydrogen-bond acceptors (Lipinski definition) is 4. The Morgan fingerprint density at radius 3 is 2.35 bits per heavy atom. The zero-order valence-electron chi connectivity index (χ0n) is 11.6. The molecular weight excluding hydrogens is 298 g/mol. The van der Waals surface area contributed by atoms with E-state index in [4.69, 9.17) is 5.11 Å². The van der Waals surface area contributed by atoms with Crippen molar-refractivity contribution in [3.63, 3.8) is 0 Å². The van der Waals surface area contributed by atoms with Gasteiger partial charge in [-0.25, -0.2) is 14.7 Å². The van der Waals surface area contributed by atoms with E-state index in [9.17, 15) is 14.4 Å². The second-order valence-electron chi connectivity index (χ2n) is 5.12. The van der Waals surface area contributed by atoms with Crippen molar-refractivity contribution in [3.05, 3.63) is 59.4 Å². The molecule has 0 saturated carbocycles. The average Bonchev–Trinajstić information content (AvgIpc) is 3.09. The fourth-order valence-corrected chi connectivity index (χ4v) is 2.66. The van der Waals surface area contributed by atoms with Gasteiger partial charge in [-0.15, -0.1) is 0 Å². The maximum absolute atomic E-state index is 12.5. The van der Waals surface area contributed by atoms with Gasteiger partial charge in [-0.1, -0.05) is 0 Å². The topological polar surface area (TPSA) is 103 Å². The maximum atomic E-state index is 12.5. The van der Waals surface area contributed by atoms with Gasteiger partial charge in [-0.05, 0) is 36.4 Å². The van der Waals surface area contributed by atoms with Gasteiger partial charge in [0, 0.05) is 0 Å². The first-order chi connectivity index (χ1) is 11.1. The molecule has 0 saturated heterocycles. The summed E-state index contributed by atoms with van der Waals surface area (Å²) in [7, 11) is 0. The third-order valence-corrected chi connectivity index (χ3v) is 3.80. The second kappa shape index (κ2) is 4.51. The molecule has 112 valence electrons. The van der Waals surface area contributed by atoms with Gasteiger partial charge in [0.15, 0.2) is 0 Å². The van der Waals surface area contributed by atoms with Crippen LogP contribution in [-0.4, -0.2) is 32.9 Å². The van der Waals surface area contributed by atoms with Gasteiger partial charge in [-0.3, -0.25) is 9.59 Å². The van der Waals surface area contributed by atoms with Gasteiger partial charge in [0.05, 0.1) is 39.7 Å². The van der Waals surface area contributed by atoms with Crippen LogP contribution in [0.1, 0.15) is 31.1 Å². The van der Waals surface area contributed by atoms with Crippen molar-refractivity contribution in [1.82, 2.24) is 9.97 Å². The number of hydrogen-bond donors (Lipinski definition) is 2. The lowest BCUT2D eigenvalue weighted by molar-refractivity contribution is 0.0696. The van der Waals surface area contributed by atoms with Crippen molar-refractivity contribution in [2.75, 3.05) is 4.90 Å². The number of aromatic nitrogens is 2. The molecular formula is C16H9N3O4. The largest absolute Gasteiger partial charge is 0.478 e. The van der Waals surface area contributed by atoms with E-state index in [0.717, 1.165) is 4.90 Å². The minimum atomic E-state index is -1.07. The Morgan fingerprint density at radius 2 is 1.70 bits per heavy atom. The van der Waals surface area contributed by atoms with E-state index >= 15 is 0 Å². The number of amides is 2. The number of aromatic amines is 1. The third kappa shape index (κ3) is 1.83. The number of nitrogens with zero attached hydrogens (tertiary/aromatic N) is 2. The Morgan fingerprint density at radius 1 is 1.04 bits per heavy atom. The van der Waals surface area contributed by atoms with Crippen LogP contribution in [-0.2, 0) is 0 Å². The van der Waals surface area contributed by atoms with Crippen molar-refractivity contribution in [1.29, 1.82) is 0 Å². The standard InChI is InChI=1S/C16H9N3O4/c20-14-10-5-12-13(18-7-17-12)6-11(10)15(21)19(14)9-3-1-8(2-4-9)16(22)23/h1-7H,(H,17,18)(H,22,23). The lowest BCUT2D eigenvalue weighted by Gasteiger charge is -2.13. The molecule has 1 aliphatic rings. The Hall–Kier alpha value is -3.48. The first kappa shape index (κ1) is 13.2. The number of imidazole rings is 1. The van der Waals surface area contributed by atoms with Crippen LogP contribution in [0.25, 0.3) is 11.0 Å². The summed E-state index contributed by atoms with van der Waals surface area (Å²) >= 11 is 0. The number of rotatable bonds is 2. The molecule has 0 aliphatic carbocycles. The molecule has 1 aliphatic heterocycles. The van der Waals surface area contributed by atoms with Crippen LogP contribution in [0.2, 0.25) is 0 Å². The fourth-order valence-electron chi connectivity index (χ4n) is 2.66. The normalized spacial score (nSPS) is 13.7. The summed E-state index contributed by atoms with van der Waals surface area (Å²) in [5.74, 6) is -1.96. The van der Waals surface area contributed by atoms with Gasteiger partial charge in [0.25, 0.3) is 11.8 Å². The summed E-state index contributed by atoms with van der Waals surface area (Å²) in [6.45, 7) is 0. The highest BCUT2D eigenvalue weighted by atomic mass is 16.4. The van der Waals surface area contributed by atoms with Crippen LogP contribution in [0.15, 0.2) is 42.7 Å². The summed E-state index contributed by atoms with van der Waals surface area (Å²) in [4.78, 5) is 44.0. The zero-order chi connectivity index (χ0) is 16.1. The van der Waals surface area contributed by atoms with Gasteiger partial charge in [0.2, 0.25) is 0 Å². The Bertz CT molecular complexity index is 938. The third-order valence-electron chi connectivity index (χ3n) is 3.80. The molecule has 0 fully saturated rings. The summed E-state index contributed by atoms with van der Waals surface area (Å²) in [5, 5.41) is 8.91. The van der Waals surface area contributed by atoms with Crippen LogP contribution < -0.4 is 4.90 Å². The highest BCUT2D eigenvalue weighted by Crippen LogP contribution is 2.30. The van der Waals surface area contributed by atoms with Gasteiger partial charge >= 0.3 is 5.97 Å². The number of anilines is 1. The second-order valence-corrected chi connectivity index (χ2v) is 5.12. The molecule has 7 heteroatoms. The van der Waals surface area contributed by atoms with Crippen molar-refractivity contribution in [3.8, 4) is 0 Å². The van der Waals surface area contributed by atoms with Crippen LogP contribution in [0, 0.1) is 0 Å². The summed E-state index contributed by atoms with van der Waals surface area (Å²) in [5.41, 5.74) is 2.28. The number of H-pyrrole nitrogens is 1. The molecule has 23 heavy (non-hydrogen) atoms. The lowest BCUT2D eigenvalue weighted by Crippen LogP contribution is -2.29. The monoisotopic (exact) mass is 307 g/mol. The van der Waals surface area contributed by atoms with E-state index in [2.05, 4.69) is 9.97 Å². The van der Waals surface area contributed by atoms with Crippen LogP contribution in [0.4, 0.5) is 5.69 Å². The number of benzene rings is 2. The number of aromatic carboxylic acids is 1. The van der Waals surface area contributed by atoms with Crippen molar-refractivity contribution < 1.29 is 19.5 Å². The molecule has 2 N–H and O–H groups in total. The van der Waals surface area contributed by atoms with Crippen LogP contribution in [0.5, 0.6) is 0 Å². The van der Waals surface area contributed by atoms with Crippen LogP contribution in [0.3, 0.4) is 0 Å². The fraction of sp³-hybridized carbons (Fsp3) is 0. The summed E-state index contributed by atoms with van der Waals surface area (Å²) in [6.07, 6.45) is 1.50. The molecule has 0 unspecified atom stereocenters. The number of imide groups is 1. The van der Waals surface area contributed by atoms with Gasteiger partial charge < -0.3 is 10.1 Å². The first-order valence-electron chi connectivity index (χ1n) is 6.75. The predicted molar refractivity (Wildman–Crippen MR) is 80.6 cm³/mol. The predicted octanol–water partition coefficient (Wildman–Crippen LogP) is 2.06. The van der Waals surface area contributed by atoms with Gasteiger partial charge in [0.1, 0.15) is 0 Å². The number of carbonyl (C=O) groups excluding carboxylic acids is 2. The lowest BCUT2D eigenvalue weighted by atomic mass is 10.1. The number of carboxylic acids is 1. The van der Waals surface area contributed by atoms with Crippen molar-refractivity contribution >= 4 is 34.5 Å². The molecule has 1 aromatic heterocycles. The maximum Gasteiger partial charge on any atom is 0.335 e. The molecule has 0 bridgehead atoms. The minimum Gasteiger partial charge on any atom is -0.478 e. The van der Waals surface area contributed by atoms with E-state index in [0.29, 0.717) is 22.3 Å². The van der Waals surface area contributed by atoms with Crippen molar-refractivity contribution in [2.24, 2.45) is 0 Å². The Balaban J connectivity index is 1.80. The molecule has 2 amide bonds. The SMILES string of the molecule is O=C(O)c1ccc(N2C(=O)c3cc4nc[nH]c4cc3C2=O)cc1. The highest BCUT2D eigenvalue weighted by molar-refractivity contribution is 6.35. The van der Waals surface area contributed by atoms with Gasteiger partial charge in [-0.2, -0.15) is 0 Å². The molecule has 2 aromatic carbocycles. The molecule has 0 radical (unpaired) electrons. The van der Waals surface area contributed by atoms with Crippen LogP contribution >= 0.6 is 0 Å². The molecule has 4 rings (SSSR count). The molecule has 0 atom stereocenters. The Labute approximate surface area is 129 Å². The van der Waals surface area contributed by atoms with Crippen molar-refractivity contribution in [2.45, 2.75) is 0 Å². The number of carboxylic acid groups (broad SMARTS) is 1. The summed E-state index contributed by atoms with van der Waals surface area (Å²) < 4.78 is 0. The number of carbonyl (C=O) groups is 3. The first-order valence-corrected chi connectivity index (χ1v) is 6.75. The Kier molecular flexibility index (Phi) is 2.59. The molecule has 3 aromatic rings. The minimum absolute atomic E-state index is 0.0860. The van der Waals surface area contributed by atoms with E-state index in [1.165, 1.54) is 30.6 Å². The van der Waals surface area contributed by atoms with E-state index in [1.54, 1.807) is 12.1 Å². The van der Waals surface area contributed by atoms with E-state index in [1.807, 2.05) is 0 Å². The average molecular weight is 307 g/mol. The van der Waals surface area contributed by atoms with E-state index < -0.39 is 17.8 Å². The van der Waals surface area contributed by atoms with E-state index in [-0.39, 0.29) is 11.1 Å². The summed E-state index contributed by atoms with van der Waals surface area (Å²) in [6, 6.07) is 8.76. The molecule has 2 heterocycles. The smallest absolute Gasteiger partial charge is 0.335 e. The molecule has 7 nitrogen and oxygen atoms in total. The quantitative estimate of drug-likeness (QED) is 0.705. The number of nitrogens with one attached hydrogen (secondary N) is 1. The zero-order valence-corrected chi connectivity index (χ0v) is 11.6. The molecule has 0 spiro atoms.